The molecule has 10 heteroatoms. The van der Waals surface area contributed by atoms with Crippen LogP contribution >= 0.6 is 0 Å². The second-order valence-electron chi connectivity index (χ2n) is 14.4. The van der Waals surface area contributed by atoms with Gasteiger partial charge in [0.1, 0.15) is 5.82 Å². The molecule has 3 aliphatic rings. The molecule has 0 aromatic heterocycles. The molecule has 2 heterocycles. The lowest BCUT2D eigenvalue weighted by Crippen LogP contribution is -2.64. The summed E-state index contributed by atoms with van der Waals surface area (Å²) in [6.45, 7) is 11.6. The van der Waals surface area contributed by atoms with Crippen LogP contribution in [0.25, 0.3) is 0 Å². The number of amides is 2. The van der Waals surface area contributed by atoms with Gasteiger partial charge in [-0.1, -0.05) is 12.1 Å². The molecule has 0 spiro atoms. The zero-order valence-electron chi connectivity index (χ0n) is 28.4. The van der Waals surface area contributed by atoms with Crippen molar-refractivity contribution in [2.75, 3.05) is 59.6 Å². The number of likely N-dealkylation sites (N-methyl/N-ethyl adjacent to an activating group) is 1. The molecular formula is C37H50FN5O4. The Hall–Kier alpha value is -3.52. The molecule has 2 aromatic carbocycles. The first kappa shape index (κ1) is 34.8. The number of alkyl carbamates (subject to hydrolysis) is 1. The molecule has 0 radical (unpaired) electrons. The zero-order valence-corrected chi connectivity index (χ0v) is 28.4. The van der Waals surface area contributed by atoms with E-state index in [0.29, 0.717) is 43.5 Å². The van der Waals surface area contributed by atoms with Crippen molar-refractivity contribution < 1.29 is 23.5 Å². The Morgan fingerprint density at radius 3 is 2.64 bits per heavy atom. The number of nitrogens with zero attached hydrogens (tertiary/aromatic N) is 4. The van der Waals surface area contributed by atoms with Gasteiger partial charge in [-0.2, -0.15) is 5.26 Å². The van der Waals surface area contributed by atoms with Gasteiger partial charge in [0, 0.05) is 62.3 Å². The van der Waals surface area contributed by atoms with Crippen molar-refractivity contribution >= 4 is 12.0 Å². The van der Waals surface area contributed by atoms with E-state index in [1.165, 1.54) is 12.1 Å². The van der Waals surface area contributed by atoms with Crippen LogP contribution in [0.15, 0.2) is 36.4 Å². The van der Waals surface area contributed by atoms with E-state index in [2.05, 4.69) is 21.2 Å². The second-order valence-corrected chi connectivity index (χ2v) is 14.4. The SMILES string of the molecule is CN(CC(CCN1CC(N2CCOCC2CCOC(=O)NC(C)(C)C)C1)c1ccc(F)cc1)C(=O)c1cc(C#N)cc2c1CCCC2. The van der Waals surface area contributed by atoms with Crippen LogP contribution in [-0.2, 0) is 22.3 Å². The van der Waals surface area contributed by atoms with Gasteiger partial charge in [-0.3, -0.25) is 9.69 Å². The fourth-order valence-electron chi connectivity index (χ4n) is 7.14. The highest BCUT2D eigenvalue weighted by Crippen LogP contribution is 2.29. The summed E-state index contributed by atoms with van der Waals surface area (Å²) >= 11 is 0. The topological polar surface area (TPSA) is 98.1 Å². The summed E-state index contributed by atoms with van der Waals surface area (Å²) in [4.78, 5) is 32.7. The molecule has 2 unspecified atom stereocenters. The Morgan fingerprint density at radius 2 is 1.91 bits per heavy atom. The van der Waals surface area contributed by atoms with Gasteiger partial charge in [-0.15, -0.1) is 0 Å². The summed E-state index contributed by atoms with van der Waals surface area (Å²) in [7, 11) is 1.84. The summed E-state index contributed by atoms with van der Waals surface area (Å²) in [6, 6.07) is 13.2. The van der Waals surface area contributed by atoms with Gasteiger partial charge in [-0.25, -0.2) is 9.18 Å². The number of carbonyl (C=O) groups excluding carboxylic acids is 2. The van der Waals surface area contributed by atoms with E-state index in [1.807, 2.05) is 46.0 Å². The predicted molar refractivity (Wildman–Crippen MR) is 179 cm³/mol. The summed E-state index contributed by atoms with van der Waals surface area (Å²) in [5.41, 5.74) is 4.06. The van der Waals surface area contributed by atoms with Crippen molar-refractivity contribution in [3.05, 3.63) is 70.0 Å². The number of benzene rings is 2. The summed E-state index contributed by atoms with van der Waals surface area (Å²) < 4.78 is 25.1. The number of halogens is 1. The van der Waals surface area contributed by atoms with Crippen LogP contribution < -0.4 is 5.32 Å². The number of hydrogen-bond acceptors (Lipinski definition) is 7. The second kappa shape index (κ2) is 15.6. The number of nitriles is 1. The molecular weight excluding hydrogens is 597 g/mol. The number of fused-ring (bicyclic) bond motifs is 1. The highest BCUT2D eigenvalue weighted by Gasteiger charge is 2.37. The van der Waals surface area contributed by atoms with Gasteiger partial charge in [-0.05, 0) is 107 Å². The lowest BCUT2D eigenvalue weighted by molar-refractivity contribution is -0.0741. The van der Waals surface area contributed by atoms with E-state index < -0.39 is 6.09 Å². The number of rotatable bonds is 11. The fourth-order valence-corrected chi connectivity index (χ4v) is 7.14. The molecule has 47 heavy (non-hydrogen) atoms. The fraction of sp³-hybridized carbons (Fsp3) is 0.595. The quantitative estimate of drug-likeness (QED) is 0.362. The van der Waals surface area contributed by atoms with E-state index in [1.54, 1.807) is 11.0 Å². The van der Waals surface area contributed by atoms with Crippen LogP contribution in [0.5, 0.6) is 0 Å². The maximum Gasteiger partial charge on any atom is 0.407 e. The molecule has 0 saturated carbocycles. The standard InChI is InChI=1S/C37H50FN5O4/c1-37(2,3)40-36(45)47-17-14-31-25-46-18-16-43(31)32-23-42(24-32)15-13-29(27-9-11-30(38)12-10-27)22-41(4)35(44)34-20-26(21-39)19-28-7-5-6-8-33(28)34/h9-12,19-20,29,31-32H,5-8,13-18,22-25H2,1-4H3,(H,40,45). The molecule has 2 amide bonds. The van der Waals surface area contributed by atoms with Gasteiger partial charge in [0.2, 0.25) is 0 Å². The minimum atomic E-state index is -0.395. The molecule has 254 valence electrons. The maximum absolute atomic E-state index is 13.9. The van der Waals surface area contributed by atoms with Crippen molar-refractivity contribution in [2.24, 2.45) is 0 Å². The molecule has 1 aliphatic carbocycles. The van der Waals surface area contributed by atoms with Crippen LogP contribution in [0.1, 0.15) is 85.0 Å². The van der Waals surface area contributed by atoms with Crippen molar-refractivity contribution in [3.63, 3.8) is 0 Å². The van der Waals surface area contributed by atoms with Gasteiger partial charge < -0.3 is 24.6 Å². The largest absolute Gasteiger partial charge is 0.449 e. The van der Waals surface area contributed by atoms with Gasteiger partial charge in [0.15, 0.2) is 0 Å². The Bertz CT molecular complexity index is 1430. The average Bonchev–Trinajstić information content (AvgIpc) is 3.02. The molecule has 2 saturated heterocycles. The molecule has 9 nitrogen and oxygen atoms in total. The minimum Gasteiger partial charge on any atom is -0.449 e. The average molecular weight is 648 g/mol. The third-order valence-electron chi connectivity index (χ3n) is 9.64. The molecule has 2 aliphatic heterocycles. The van der Waals surface area contributed by atoms with E-state index >= 15 is 0 Å². The van der Waals surface area contributed by atoms with E-state index in [-0.39, 0.29) is 29.2 Å². The smallest absolute Gasteiger partial charge is 0.407 e. The molecule has 2 atom stereocenters. The number of likely N-dealkylation sites (tertiary alicyclic amines) is 1. The maximum atomic E-state index is 13.9. The molecule has 2 aromatic rings. The monoisotopic (exact) mass is 647 g/mol. The van der Waals surface area contributed by atoms with Crippen LogP contribution in [0.4, 0.5) is 9.18 Å². The van der Waals surface area contributed by atoms with Crippen LogP contribution in [0.2, 0.25) is 0 Å². The number of aryl methyl sites for hydroxylation is 1. The van der Waals surface area contributed by atoms with Crippen LogP contribution in [0, 0.1) is 17.1 Å². The summed E-state index contributed by atoms with van der Waals surface area (Å²) in [5, 5.41) is 12.5. The van der Waals surface area contributed by atoms with Crippen molar-refractivity contribution in [3.8, 4) is 6.07 Å². The van der Waals surface area contributed by atoms with E-state index in [9.17, 15) is 19.2 Å². The zero-order chi connectivity index (χ0) is 33.6. The predicted octanol–water partition coefficient (Wildman–Crippen LogP) is 5.12. The first-order chi connectivity index (χ1) is 22.5. The molecule has 1 N–H and O–H groups in total. The number of morpholine rings is 1. The summed E-state index contributed by atoms with van der Waals surface area (Å²) in [5.74, 6) is -0.302. The number of nitrogens with one attached hydrogen (secondary N) is 1. The Kier molecular flexibility index (Phi) is 11.5. The number of hydrogen-bond donors (Lipinski definition) is 1. The third kappa shape index (κ3) is 9.31. The molecule has 5 rings (SSSR count). The van der Waals surface area contributed by atoms with Crippen molar-refractivity contribution in [1.82, 2.24) is 20.0 Å². The highest BCUT2D eigenvalue weighted by molar-refractivity contribution is 5.96. The van der Waals surface area contributed by atoms with E-state index in [0.717, 1.165) is 81.4 Å². The van der Waals surface area contributed by atoms with Gasteiger partial charge >= 0.3 is 6.09 Å². The lowest BCUT2D eigenvalue weighted by Gasteiger charge is -2.50. The van der Waals surface area contributed by atoms with Gasteiger partial charge in [0.05, 0.1) is 31.5 Å². The normalized spacial score (nSPS) is 19.6. The summed E-state index contributed by atoms with van der Waals surface area (Å²) in [6.07, 6.45) is 5.04. The Balaban J connectivity index is 1.17. The minimum absolute atomic E-state index is 0.0334. The number of ether oxygens (including phenoxy) is 2. The van der Waals surface area contributed by atoms with Crippen molar-refractivity contribution in [2.45, 2.75) is 82.8 Å². The Labute approximate surface area is 279 Å². The van der Waals surface area contributed by atoms with Crippen LogP contribution in [-0.4, -0.2) is 104 Å². The van der Waals surface area contributed by atoms with Gasteiger partial charge in [0.25, 0.3) is 5.91 Å². The highest BCUT2D eigenvalue weighted by atomic mass is 19.1. The van der Waals surface area contributed by atoms with Crippen molar-refractivity contribution in [1.29, 1.82) is 5.26 Å². The Morgan fingerprint density at radius 1 is 1.17 bits per heavy atom. The van der Waals surface area contributed by atoms with Crippen LogP contribution in [0.3, 0.4) is 0 Å². The first-order valence-electron chi connectivity index (χ1n) is 17.1. The third-order valence-corrected chi connectivity index (χ3v) is 9.64. The number of carbonyl (C=O) groups is 2. The van der Waals surface area contributed by atoms with E-state index in [4.69, 9.17) is 9.47 Å². The molecule has 0 bridgehead atoms. The lowest BCUT2D eigenvalue weighted by atomic mass is 9.86. The first-order valence-corrected chi connectivity index (χ1v) is 17.1. The molecule has 2 fully saturated rings.